The SMILES string of the molecule is CN=C(NCCN1CCN(C(C)=O)CC1)N(C)Cc1cccc(Cl)c1.I. The van der Waals surface area contributed by atoms with Gasteiger partial charge in [-0.3, -0.25) is 14.7 Å². The second-order valence-corrected chi connectivity index (χ2v) is 6.74. The third kappa shape index (κ3) is 7.28. The van der Waals surface area contributed by atoms with Gasteiger partial charge in [-0.15, -0.1) is 24.0 Å². The Morgan fingerprint density at radius 2 is 2.00 bits per heavy atom. The zero-order valence-corrected chi connectivity index (χ0v) is 18.8. The molecule has 1 aliphatic rings. The number of hydrogen-bond acceptors (Lipinski definition) is 3. The molecular formula is C18H29ClIN5O. The minimum absolute atomic E-state index is 0. The Morgan fingerprint density at radius 1 is 1.31 bits per heavy atom. The number of nitrogens with zero attached hydrogens (tertiary/aromatic N) is 4. The van der Waals surface area contributed by atoms with E-state index in [4.69, 9.17) is 11.6 Å². The predicted molar refractivity (Wildman–Crippen MR) is 118 cm³/mol. The fraction of sp³-hybridized carbons (Fsp3) is 0.556. The van der Waals surface area contributed by atoms with Crippen molar-refractivity contribution < 1.29 is 4.79 Å². The molecule has 1 aliphatic heterocycles. The summed E-state index contributed by atoms with van der Waals surface area (Å²) >= 11 is 6.05. The molecule has 0 atom stereocenters. The van der Waals surface area contributed by atoms with Gasteiger partial charge in [-0.2, -0.15) is 0 Å². The third-order valence-electron chi connectivity index (χ3n) is 4.41. The monoisotopic (exact) mass is 493 g/mol. The highest BCUT2D eigenvalue weighted by Crippen LogP contribution is 2.12. The van der Waals surface area contributed by atoms with Crippen molar-refractivity contribution in [2.45, 2.75) is 13.5 Å². The van der Waals surface area contributed by atoms with Crippen molar-refractivity contribution in [1.29, 1.82) is 0 Å². The lowest BCUT2D eigenvalue weighted by molar-refractivity contribution is -0.130. The minimum Gasteiger partial charge on any atom is -0.355 e. The van der Waals surface area contributed by atoms with Crippen LogP contribution in [0.3, 0.4) is 0 Å². The Bertz CT molecular complexity index is 605. The number of halogens is 2. The smallest absolute Gasteiger partial charge is 0.219 e. The maximum atomic E-state index is 11.4. The molecular weight excluding hydrogens is 465 g/mol. The first-order valence-electron chi connectivity index (χ1n) is 8.63. The fourth-order valence-corrected chi connectivity index (χ4v) is 3.19. The summed E-state index contributed by atoms with van der Waals surface area (Å²) < 4.78 is 0. The Hall–Kier alpha value is -1.06. The van der Waals surface area contributed by atoms with E-state index in [0.717, 1.165) is 62.4 Å². The predicted octanol–water partition coefficient (Wildman–Crippen LogP) is 2.13. The largest absolute Gasteiger partial charge is 0.355 e. The topological polar surface area (TPSA) is 51.2 Å². The summed E-state index contributed by atoms with van der Waals surface area (Å²) in [4.78, 5) is 22.1. The Labute approximate surface area is 178 Å². The molecule has 1 aromatic rings. The van der Waals surface area contributed by atoms with Crippen molar-refractivity contribution >= 4 is 47.4 Å². The third-order valence-corrected chi connectivity index (χ3v) is 4.65. The number of rotatable bonds is 5. The molecule has 1 aromatic carbocycles. The Morgan fingerprint density at radius 3 is 2.58 bits per heavy atom. The van der Waals surface area contributed by atoms with Crippen molar-refractivity contribution in [2.75, 3.05) is 53.4 Å². The van der Waals surface area contributed by atoms with Crippen LogP contribution in [0, 0.1) is 0 Å². The summed E-state index contributed by atoms with van der Waals surface area (Å²) in [5.74, 6) is 1.03. The number of aliphatic imine (C=N–C) groups is 1. The fourth-order valence-electron chi connectivity index (χ4n) is 2.98. The molecule has 8 heteroatoms. The molecule has 0 aliphatic carbocycles. The molecule has 1 amide bonds. The molecule has 0 unspecified atom stereocenters. The first kappa shape index (κ1) is 23.0. The van der Waals surface area contributed by atoms with Crippen LogP contribution in [0.2, 0.25) is 5.02 Å². The lowest BCUT2D eigenvalue weighted by atomic mass is 10.2. The van der Waals surface area contributed by atoms with Crippen molar-refractivity contribution in [3.8, 4) is 0 Å². The highest BCUT2D eigenvalue weighted by Gasteiger charge is 2.18. The second-order valence-electron chi connectivity index (χ2n) is 6.31. The van der Waals surface area contributed by atoms with E-state index in [2.05, 4.69) is 26.2 Å². The zero-order chi connectivity index (χ0) is 18.2. The number of carbonyl (C=O) groups is 1. The van der Waals surface area contributed by atoms with E-state index in [1.807, 2.05) is 30.1 Å². The van der Waals surface area contributed by atoms with Gasteiger partial charge in [0.25, 0.3) is 0 Å². The van der Waals surface area contributed by atoms with Crippen LogP contribution < -0.4 is 5.32 Å². The van der Waals surface area contributed by atoms with Gasteiger partial charge in [0.15, 0.2) is 5.96 Å². The van der Waals surface area contributed by atoms with Crippen LogP contribution in [0.15, 0.2) is 29.3 Å². The van der Waals surface area contributed by atoms with Gasteiger partial charge < -0.3 is 15.1 Å². The van der Waals surface area contributed by atoms with Crippen LogP contribution >= 0.6 is 35.6 Å². The summed E-state index contributed by atoms with van der Waals surface area (Å²) in [7, 11) is 3.81. The normalized spacial score (nSPS) is 15.4. The Kier molecular flexibility index (Phi) is 10.3. The summed E-state index contributed by atoms with van der Waals surface area (Å²) in [6.45, 7) is 7.64. The van der Waals surface area contributed by atoms with Crippen LogP contribution in [-0.2, 0) is 11.3 Å². The summed E-state index contributed by atoms with van der Waals surface area (Å²) in [6, 6.07) is 7.87. The van der Waals surface area contributed by atoms with Crippen LogP contribution in [0.25, 0.3) is 0 Å². The van der Waals surface area contributed by atoms with Crippen LogP contribution in [-0.4, -0.2) is 79.9 Å². The van der Waals surface area contributed by atoms with Crippen LogP contribution in [0.5, 0.6) is 0 Å². The average molecular weight is 494 g/mol. The first-order valence-corrected chi connectivity index (χ1v) is 9.01. The van der Waals surface area contributed by atoms with Crippen molar-refractivity contribution in [1.82, 2.24) is 20.0 Å². The van der Waals surface area contributed by atoms with E-state index < -0.39 is 0 Å². The lowest BCUT2D eigenvalue weighted by Gasteiger charge is -2.34. The van der Waals surface area contributed by atoms with E-state index >= 15 is 0 Å². The molecule has 0 spiro atoms. The zero-order valence-electron chi connectivity index (χ0n) is 15.7. The average Bonchev–Trinajstić information content (AvgIpc) is 2.59. The maximum Gasteiger partial charge on any atom is 0.219 e. The molecule has 0 aromatic heterocycles. The molecule has 2 rings (SSSR count). The minimum atomic E-state index is 0. The van der Waals surface area contributed by atoms with E-state index in [1.165, 1.54) is 0 Å². The number of piperazine rings is 1. The highest BCUT2D eigenvalue weighted by molar-refractivity contribution is 14.0. The number of benzene rings is 1. The van der Waals surface area contributed by atoms with Gasteiger partial charge in [-0.05, 0) is 17.7 Å². The van der Waals surface area contributed by atoms with Crippen molar-refractivity contribution in [2.24, 2.45) is 4.99 Å². The molecule has 1 N–H and O–H groups in total. The van der Waals surface area contributed by atoms with Gasteiger partial charge in [0.2, 0.25) is 5.91 Å². The molecule has 0 radical (unpaired) electrons. The molecule has 6 nitrogen and oxygen atoms in total. The lowest BCUT2D eigenvalue weighted by Crippen LogP contribution is -2.50. The van der Waals surface area contributed by atoms with Crippen molar-refractivity contribution in [3.05, 3.63) is 34.9 Å². The number of amides is 1. The van der Waals surface area contributed by atoms with Crippen molar-refractivity contribution in [3.63, 3.8) is 0 Å². The number of nitrogens with one attached hydrogen (secondary N) is 1. The van der Waals surface area contributed by atoms with Crippen LogP contribution in [0.4, 0.5) is 0 Å². The second kappa shape index (κ2) is 11.6. The van der Waals surface area contributed by atoms with Gasteiger partial charge in [0.1, 0.15) is 0 Å². The van der Waals surface area contributed by atoms with E-state index in [0.29, 0.717) is 0 Å². The number of guanidine groups is 1. The summed E-state index contributed by atoms with van der Waals surface area (Å²) in [5, 5.41) is 4.15. The molecule has 1 saturated heterocycles. The maximum absolute atomic E-state index is 11.4. The summed E-state index contributed by atoms with van der Waals surface area (Å²) in [6.07, 6.45) is 0. The number of carbonyl (C=O) groups excluding carboxylic acids is 1. The first-order chi connectivity index (χ1) is 12.0. The van der Waals surface area contributed by atoms with E-state index in [9.17, 15) is 4.79 Å². The molecule has 1 heterocycles. The van der Waals surface area contributed by atoms with Gasteiger partial charge >= 0.3 is 0 Å². The molecule has 0 bridgehead atoms. The van der Waals surface area contributed by atoms with Gasteiger partial charge in [-0.1, -0.05) is 23.7 Å². The standard InChI is InChI=1S/C18H28ClN5O.HI/c1-15(25)24-11-9-23(10-12-24)8-7-21-18(20-2)22(3)14-16-5-4-6-17(19)13-16;/h4-6,13H,7-12,14H2,1-3H3,(H,20,21);1H. The summed E-state index contributed by atoms with van der Waals surface area (Å²) in [5.41, 5.74) is 1.15. The van der Waals surface area contributed by atoms with E-state index in [1.54, 1.807) is 14.0 Å². The Balaban J connectivity index is 0.00000338. The van der Waals surface area contributed by atoms with Gasteiger partial charge in [-0.25, -0.2) is 0 Å². The molecule has 1 fully saturated rings. The number of hydrogen-bond donors (Lipinski definition) is 1. The highest BCUT2D eigenvalue weighted by atomic mass is 127. The molecule has 146 valence electrons. The van der Waals surface area contributed by atoms with E-state index in [-0.39, 0.29) is 29.9 Å². The molecule has 0 saturated carbocycles. The molecule has 26 heavy (non-hydrogen) atoms. The van der Waals surface area contributed by atoms with Crippen LogP contribution in [0.1, 0.15) is 12.5 Å². The quantitative estimate of drug-likeness (QED) is 0.388. The van der Waals surface area contributed by atoms with Gasteiger partial charge in [0.05, 0.1) is 0 Å². The van der Waals surface area contributed by atoms with Gasteiger partial charge in [0, 0.05) is 71.9 Å².